The van der Waals surface area contributed by atoms with E-state index in [0.29, 0.717) is 18.7 Å². The van der Waals surface area contributed by atoms with E-state index in [0.717, 1.165) is 44.9 Å². The quantitative estimate of drug-likeness (QED) is 0.801. The molecule has 3 aliphatic heterocycles. The van der Waals surface area contributed by atoms with E-state index in [9.17, 15) is 4.79 Å². The van der Waals surface area contributed by atoms with Crippen LogP contribution in [0.4, 0.5) is 5.95 Å². The molecule has 112 valence electrons. The van der Waals surface area contributed by atoms with Crippen molar-refractivity contribution < 1.29 is 9.53 Å². The lowest BCUT2D eigenvalue weighted by molar-refractivity contribution is -0.136. The number of hydrogen-bond donors (Lipinski definition) is 0. The van der Waals surface area contributed by atoms with Crippen LogP contribution in [-0.4, -0.2) is 59.2 Å². The Morgan fingerprint density at radius 3 is 2.71 bits per heavy atom. The lowest BCUT2D eigenvalue weighted by atomic mass is 10.1. The summed E-state index contributed by atoms with van der Waals surface area (Å²) in [6.45, 7) is 3.11. The Bertz CT molecular complexity index is 518. The van der Waals surface area contributed by atoms with E-state index in [1.165, 1.54) is 0 Å². The molecule has 0 spiro atoms. The smallest absolute Gasteiger partial charge is 0.228 e. The van der Waals surface area contributed by atoms with Gasteiger partial charge in [-0.3, -0.25) is 4.79 Å². The molecule has 4 rings (SSSR count). The number of carbonyl (C=O) groups is 1. The topological polar surface area (TPSA) is 58.6 Å². The van der Waals surface area contributed by atoms with Gasteiger partial charge in [0.2, 0.25) is 11.9 Å². The van der Waals surface area contributed by atoms with Crippen molar-refractivity contribution in [2.45, 2.75) is 31.3 Å². The summed E-state index contributed by atoms with van der Waals surface area (Å²) in [5, 5.41) is 0. The first-order chi connectivity index (χ1) is 10.3. The van der Waals surface area contributed by atoms with Gasteiger partial charge in [-0.25, -0.2) is 9.97 Å². The maximum atomic E-state index is 12.6. The van der Waals surface area contributed by atoms with Crippen molar-refractivity contribution >= 4 is 11.9 Å². The van der Waals surface area contributed by atoms with E-state index in [1.807, 2.05) is 6.07 Å². The Morgan fingerprint density at radius 2 is 1.95 bits per heavy atom. The number of amides is 1. The fraction of sp³-hybridized carbons (Fsp3) is 0.667. The predicted molar refractivity (Wildman–Crippen MR) is 76.8 cm³/mol. The molecule has 3 aliphatic rings. The third kappa shape index (κ3) is 2.18. The average Bonchev–Trinajstić information content (AvgIpc) is 3.24. The van der Waals surface area contributed by atoms with E-state index in [1.54, 1.807) is 12.4 Å². The first kappa shape index (κ1) is 13.0. The highest BCUT2D eigenvalue weighted by atomic mass is 16.5. The van der Waals surface area contributed by atoms with Gasteiger partial charge in [-0.15, -0.1) is 0 Å². The molecule has 0 N–H and O–H groups in total. The van der Waals surface area contributed by atoms with Crippen LogP contribution in [0.1, 0.15) is 19.3 Å². The number of nitrogens with zero attached hydrogens (tertiary/aromatic N) is 4. The molecule has 3 fully saturated rings. The number of carbonyl (C=O) groups excluding carboxylic acids is 1. The van der Waals surface area contributed by atoms with E-state index >= 15 is 0 Å². The molecule has 1 aromatic heterocycles. The molecule has 0 bridgehead atoms. The zero-order valence-corrected chi connectivity index (χ0v) is 12.0. The van der Waals surface area contributed by atoms with Gasteiger partial charge in [0.15, 0.2) is 0 Å². The Balaban J connectivity index is 1.49. The first-order valence-electron chi connectivity index (χ1n) is 7.76. The van der Waals surface area contributed by atoms with E-state index in [2.05, 4.69) is 19.8 Å². The van der Waals surface area contributed by atoms with Gasteiger partial charge in [0.1, 0.15) is 0 Å². The minimum atomic E-state index is 0.0748. The summed E-state index contributed by atoms with van der Waals surface area (Å²) in [4.78, 5) is 25.7. The molecule has 6 nitrogen and oxygen atoms in total. The molecule has 1 unspecified atom stereocenters. The van der Waals surface area contributed by atoms with E-state index in [-0.39, 0.29) is 11.8 Å². The lowest BCUT2D eigenvalue weighted by Gasteiger charge is -2.27. The van der Waals surface area contributed by atoms with Gasteiger partial charge in [0.05, 0.1) is 24.6 Å². The molecule has 0 aromatic carbocycles. The average molecular weight is 288 g/mol. The fourth-order valence-corrected chi connectivity index (χ4v) is 3.91. The Hall–Kier alpha value is -1.69. The maximum absolute atomic E-state index is 12.6. The van der Waals surface area contributed by atoms with Crippen molar-refractivity contribution in [3.05, 3.63) is 18.5 Å². The Morgan fingerprint density at radius 1 is 1.14 bits per heavy atom. The van der Waals surface area contributed by atoms with Crippen molar-refractivity contribution in [3.8, 4) is 0 Å². The van der Waals surface area contributed by atoms with Crippen LogP contribution in [0.2, 0.25) is 0 Å². The highest BCUT2D eigenvalue weighted by Gasteiger charge is 2.46. The molecule has 0 saturated carbocycles. The minimum absolute atomic E-state index is 0.0748. The summed E-state index contributed by atoms with van der Waals surface area (Å²) in [7, 11) is 0. The van der Waals surface area contributed by atoms with Crippen LogP contribution in [0, 0.1) is 5.92 Å². The summed E-state index contributed by atoms with van der Waals surface area (Å²) < 4.78 is 5.36. The maximum Gasteiger partial charge on any atom is 0.228 e. The summed E-state index contributed by atoms with van der Waals surface area (Å²) >= 11 is 0. The van der Waals surface area contributed by atoms with Crippen molar-refractivity contribution in [3.63, 3.8) is 0 Å². The zero-order valence-electron chi connectivity index (χ0n) is 12.0. The third-order valence-electron chi connectivity index (χ3n) is 4.95. The van der Waals surface area contributed by atoms with Gasteiger partial charge in [-0.1, -0.05) is 0 Å². The summed E-state index contributed by atoms with van der Waals surface area (Å²) in [6.07, 6.45) is 6.47. The van der Waals surface area contributed by atoms with Crippen LogP contribution in [0.15, 0.2) is 18.5 Å². The second kappa shape index (κ2) is 5.26. The summed E-state index contributed by atoms with van der Waals surface area (Å²) in [5.41, 5.74) is 0. The molecular formula is C15H20N4O2. The van der Waals surface area contributed by atoms with Crippen molar-refractivity contribution in [2.24, 2.45) is 5.92 Å². The number of ether oxygens (including phenoxy) is 1. The molecule has 21 heavy (non-hydrogen) atoms. The fourth-order valence-electron chi connectivity index (χ4n) is 3.91. The van der Waals surface area contributed by atoms with Crippen LogP contribution < -0.4 is 4.90 Å². The van der Waals surface area contributed by atoms with Crippen LogP contribution in [0.5, 0.6) is 0 Å². The van der Waals surface area contributed by atoms with Crippen LogP contribution in [-0.2, 0) is 9.53 Å². The molecule has 4 heterocycles. The standard InChI is InChI=1S/C15H20N4O2/c20-14(11-4-9-21-10-11)18-7-2-13-12(18)3-8-19(13)15-16-5-1-6-17-15/h1,5-6,11-13H,2-4,7-10H2/t11?,12-,13+/m0/s1. The summed E-state index contributed by atoms with van der Waals surface area (Å²) in [5.74, 6) is 1.16. The van der Waals surface area contributed by atoms with E-state index < -0.39 is 0 Å². The van der Waals surface area contributed by atoms with Gasteiger partial charge in [-0.2, -0.15) is 0 Å². The predicted octanol–water partition coefficient (Wildman–Crippen LogP) is 0.693. The molecule has 3 atom stereocenters. The number of hydrogen-bond acceptors (Lipinski definition) is 5. The van der Waals surface area contributed by atoms with Crippen LogP contribution in [0.3, 0.4) is 0 Å². The molecule has 3 saturated heterocycles. The van der Waals surface area contributed by atoms with Gasteiger partial charge in [0.25, 0.3) is 0 Å². The Labute approximate surface area is 124 Å². The largest absolute Gasteiger partial charge is 0.381 e. The second-order valence-electron chi connectivity index (χ2n) is 6.05. The monoisotopic (exact) mass is 288 g/mol. The van der Waals surface area contributed by atoms with E-state index in [4.69, 9.17) is 4.74 Å². The van der Waals surface area contributed by atoms with Gasteiger partial charge >= 0.3 is 0 Å². The SMILES string of the molecule is O=C(C1CCOC1)N1CC[C@@H]2[C@@H]1CCN2c1ncccn1. The number of aromatic nitrogens is 2. The molecule has 1 amide bonds. The van der Waals surface area contributed by atoms with Crippen LogP contribution >= 0.6 is 0 Å². The molecule has 0 radical (unpaired) electrons. The molecule has 0 aliphatic carbocycles. The normalized spacial score (nSPS) is 31.7. The minimum Gasteiger partial charge on any atom is -0.381 e. The van der Waals surface area contributed by atoms with Crippen LogP contribution in [0.25, 0.3) is 0 Å². The molecule has 1 aromatic rings. The highest BCUT2D eigenvalue weighted by Crippen LogP contribution is 2.35. The summed E-state index contributed by atoms with van der Waals surface area (Å²) in [6, 6.07) is 2.53. The van der Waals surface area contributed by atoms with Crippen molar-refractivity contribution in [2.75, 3.05) is 31.2 Å². The highest BCUT2D eigenvalue weighted by molar-refractivity contribution is 5.80. The zero-order chi connectivity index (χ0) is 14.2. The Kier molecular flexibility index (Phi) is 3.25. The van der Waals surface area contributed by atoms with Gasteiger partial charge in [0, 0.05) is 32.1 Å². The van der Waals surface area contributed by atoms with Gasteiger partial charge < -0.3 is 14.5 Å². The number of likely N-dealkylation sites (tertiary alicyclic amines) is 1. The number of fused-ring (bicyclic) bond motifs is 1. The lowest BCUT2D eigenvalue weighted by Crippen LogP contribution is -2.42. The second-order valence-corrected chi connectivity index (χ2v) is 6.05. The van der Waals surface area contributed by atoms with Crippen molar-refractivity contribution in [1.29, 1.82) is 0 Å². The molecular weight excluding hydrogens is 268 g/mol. The van der Waals surface area contributed by atoms with Gasteiger partial charge in [-0.05, 0) is 25.3 Å². The van der Waals surface area contributed by atoms with Crippen molar-refractivity contribution in [1.82, 2.24) is 14.9 Å². The number of rotatable bonds is 2. The third-order valence-corrected chi connectivity index (χ3v) is 4.95. The number of anilines is 1. The molecule has 6 heteroatoms. The first-order valence-corrected chi connectivity index (χ1v) is 7.76.